The average molecular weight is 463 g/mol. The second-order valence-corrected chi connectivity index (χ2v) is 8.09. The molecule has 30 heavy (non-hydrogen) atoms. The zero-order valence-corrected chi connectivity index (χ0v) is 18.6. The van der Waals surface area contributed by atoms with Gasteiger partial charge in [-0.3, -0.25) is 9.36 Å². The van der Waals surface area contributed by atoms with Crippen LogP contribution in [-0.4, -0.2) is 26.4 Å². The van der Waals surface area contributed by atoms with Crippen molar-refractivity contribution in [1.29, 1.82) is 0 Å². The number of halogens is 2. The van der Waals surface area contributed by atoms with Crippen LogP contribution in [0.4, 0.5) is 5.69 Å². The number of aromatic nitrogens is 3. The predicted octanol–water partition coefficient (Wildman–Crippen LogP) is 5.39. The molecular weight excluding hydrogens is 443 g/mol. The van der Waals surface area contributed by atoms with E-state index in [1.165, 1.54) is 11.8 Å². The van der Waals surface area contributed by atoms with Crippen molar-refractivity contribution in [2.24, 2.45) is 0 Å². The molecule has 1 heterocycles. The molecule has 0 bridgehead atoms. The molecule has 0 unspecified atom stereocenters. The first-order valence-corrected chi connectivity index (χ1v) is 10.8. The van der Waals surface area contributed by atoms with Crippen LogP contribution >= 0.6 is 35.0 Å². The van der Waals surface area contributed by atoms with Crippen molar-refractivity contribution in [2.45, 2.75) is 25.2 Å². The largest absolute Gasteiger partial charge is 0.486 e. The van der Waals surface area contributed by atoms with Crippen LogP contribution < -0.4 is 10.1 Å². The summed E-state index contributed by atoms with van der Waals surface area (Å²) < 4.78 is 7.67. The highest BCUT2D eigenvalue weighted by Crippen LogP contribution is 2.30. The summed E-state index contributed by atoms with van der Waals surface area (Å²) in [5.41, 5.74) is 1.55. The highest BCUT2D eigenvalue weighted by molar-refractivity contribution is 7.99. The van der Waals surface area contributed by atoms with Crippen LogP contribution in [0.15, 0.2) is 60.3 Å². The lowest BCUT2D eigenvalue weighted by Gasteiger charge is -2.10. The van der Waals surface area contributed by atoms with Crippen LogP contribution in [0.5, 0.6) is 5.75 Å². The summed E-state index contributed by atoms with van der Waals surface area (Å²) in [4.78, 5) is 12.4. The van der Waals surface area contributed by atoms with Gasteiger partial charge in [-0.1, -0.05) is 64.8 Å². The van der Waals surface area contributed by atoms with Gasteiger partial charge in [0.2, 0.25) is 5.91 Å². The van der Waals surface area contributed by atoms with Gasteiger partial charge in [-0.2, -0.15) is 0 Å². The second kappa shape index (κ2) is 10.5. The Kier molecular flexibility index (Phi) is 7.79. The molecule has 156 valence electrons. The van der Waals surface area contributed by atoms with Gasteiger partial charge in [0.1, 0.15) is 12.4 Å². The number of benzene rings is 2. The number of allylic oxidation sites excluding steroid dienone is 1. The fourth-order valence-corrected chi connectivity index (χ4v) is 3.81. The number of anilines is 1. The van der Waals surface area contributed by atoms with E-state index in [9.17, 15) is 4.79 Å². The molecule has 1 N–H and O–H groups in total. The quantitative estimate of drug-likeness (QED) is 0.341. The van der Waals surface area contributed by atoms with Crippen molar-refractivity contribution < 1.29 is 9.53 Å². The van der Waals surface area contributed by atoms with E-state index < -0.39 is 0 Å². The van der Waals surface area contributed by atoms with Crippen molar-refractivity contribution in [3.63, 3.8) is 0 Å². The molecular formula is C21H20Cl2N4O2S. The van der Waals surface area contributed by atoms with Crippen LogP contribution in [0, 0.1) is 6.92 Å². The predicted molar refractivity (Wildman–Crippen MR) is 122 cm³/mol. The van der Waals surface area contributed by atoms with Gasteiger partial charge in [0, 0.05) is 6.54 Å². The zero-order valence-electron chi connectivity index (χ0n) is 16.3. The summed E-state index contributed by atoms with van der Waals surface area (Å²) in [7, 11) is 0. The number of amides is 1. The molecule has 3 rings (SSSR count). The van der Waals surface area contributed by atoms with Crippen LogP contribution in [0.3, 0.4) is 0 Å². The summed E-state index contributed by atoms with van der Waals surface area (Å²) in [6.07, 6.45) is 1.74. The number of hydrogen-bond donors (Lipinski definition) is 1. The van der Waals surface area contributed by atoms with Crippen molar-refractivity contribution in [3.8, 4) is 5.75 Å². The number of para-hydroxylation sites is 1. The standard InChI is InChI=1S/C21H20Cl2N4O2S/c1-3-11-27-18(12-29-15-9-7-14(2)8-10-15)25-26-21(27)30-13-19(28)24-20-16(22)5-4-6-17(20)23/h3-10H,1,11-13H2,2H3,(H,24,28). The maximum absolute atomic E-state index is 12.4. The average Bonchev–Trinajstić information content (AvgIpc) is 3.11. The number of ether oxygens (including phenoxy) is 1. The van der Waals surface area contributed by atoms with E-state index >= 15 is 0 Å². The van der Waals surface area contributed by atoms with E-state index in [2.05, 4.69) is 22.1 Å². The molecule has 9 heteroatoms. The molecule has 3 aromatic rings. The number of hydrogen-bond acceptors (Lipinski definition) is 5. The Morgan fingerprint density at radius 3 is 2.57 bits per heavy atom. The van der Waals surface area contributed by atoms with Crippen LogP contribution in [0.25, 0.3) is 0 Å². The smallest absolute Gasteiger partial charge is 0.234 e. The maximum Gasteiger partial charge on any atom is 0.234 e. The van der Waals surface area contributed by atoms with Gasteiger partial charge in [-0.15, -0.1) is 16.8 Å². The number of thioether (sulfide) groups is 1. The lowest BCUT2D eigenvalue weighted by molar-refractivity contribution is -0.113. The Bertz CT molecular complexity index is 1020. The van der Waals surface area contributed by atoms with Crippen LogP contribution in [0.1, 0.15) is 11.4 Å². The van der Waals surface area contributed by atoms with Gasteiger partial charge >= 0.3 is 0 Å². The molecule has 0 spiro atoms. The molecule has 1 amide bonds. The minimum atomic E-state index is -0.249. The summed E-state index contributed by atoms with van der Waals surface area (Å²) in [6.45, 7) is 6.55. The van der Waals surface area contributed by atoms with Crippen LogP contribution in [0.2, 0.25) is 10.0 Å². The first kappa shape index (κ1) is 22.2. The number of carbonyl (C=O) groups is 1. The Hall–Kier alpha value is -2.48. The molecule has 0 saturated heterocycles. The molecule has 6 nitrogen and oxygen atoms in total. The molecule has 1 aromatic heterocycles. The van der Waals surface area contributed by atoms with Crippen LogP contribution in [-0.2, 0) is 17.9 Å². The van der Waals surface area contributed by atoms with Crippen molar-refractivity contribution in [2.75, 3.05) is 11.1 Å². The highest BCUT2D eigenvalue weighted by Gasteiger charge is 2.15. The summed E-state index contributed by atoms with van der Waals surface area (Å²) in [5.74, 6) is 1.27. The van der Waals surface area contributed by atoms with E-state index in [0.717, 1.165) is 11.3 Å². The molecule has 0 radical (unpaired) electrons. The van der Waals surface area contributed by atoms with Gasteiger partial charge in [0.15, 0.2) is 11.0 Å². The summed E-state index contributed by atoms with van der Waals surface area (Å²) >= 11 is 13.5. The van der Waals surface area contributed by atoms with Gasteiger partial charge in [0.25, 0.3) is 0 Å². The molecule has 0 saturated carbocycles. The van der Waals surface area contributed by atoms with Crippen molar-refractivity contribution in [3.05, 3.63) is 76.6 Å². The Labute approximate surface area is 189 Å². The topological polar surface area (TPSA) is 69.0 Å². The fourth-order valence-electron chi connectivity index (χ4n) is 2.55. The lowest BCUT2D eigenvalue weighted by atomic mass is 10.2. The van der Waals surface area contributed by atoms with Crippen molar-refractivity contribution >= 4 is 46.6 Å². The van der Waals surface area contributed by atoms with E-state index in [1.807, 2.05) is 35.8 Å². The first-order chi connectivity index (χ1) is 14.5. The highest BCUT2D eigenvalue weighted by atomic mass is 35.5. The minimum absolute atomic E-state index is 0.121. The normalized spacial score (nSPS) is 10.6. The number of carbonyl (C=O) groups excluding carboxylic acids is 1. The molecule has 0 aliphatic carbocycles. The zero-order chi connectivity index (χ0) is 21.5. The Morgan fingerprint density at radius 1 is 1.20 bits per heavy atom. The number of aryl methyl sites for hydroxylation is 1. The van der Waals surface area contributed by atoms with Gasteiger partial charge in [-0.05, 0) is 31.2 Å². The van der Waals surface area contributed by atoms with E-state index in [4.69, 9.17) is 27.9 Å². The van der Waals surface area contributed by atoms with Gasteiger partial charge in [0.05, 0.1) is 21.5 Å². The molecule has 2 aromatic carbocycles. The monoisotopic (exact) mass is 462 g/mol. The van der Waals surface area contributed by atoms with E-state index in [0.29, 0.717) is 33.3 Å². The Morgan fingerprint density at radius 2 is 1.90 bits per heavy atom. The first-order valence-electron chi connectivity index (χ1n) is 9.07. The van der Waals surface area contributed by atoms with E-state index in [-0.39, 0.29) is 18.3 Å². The van der Waals surface area contributed by atoms with Crippen molar-refractivity contribution in [1.82, 2.24) is 14.8 Å². The number of rotatable bonds is 9. The third-order valence-corrected chi connectivity index (χ3v) is 5.65. The molecule has 0 fully saturated rings. The fraction of sp³-hybridized carbons (Fsp3) is 0.190. The number of nitrogens with one attached hydrogen (secondary N) is 1. The third kappa shape index (κ3) is 5.78. The van der Waals surface area contributed by atoms with E-state index in [1.54, 1.807) is 24.3 Å². The second-order valence-electron chi connectivity index (χ2n) is 6.33. The minimum Gasteiger partial charge on any atom is -0.486 e. The SMILES string of the molecule is C=CCn1c(COc2ccc(C)cc2)nnc1SCC(=O)Nc1c(Cl)cccc1Cl. The molecule has 0 atom stereocenters. The third-order valence-electron chi connectivity index (χ3n) is 4.05. The maximum atomic E-state index is 12.4. The lowest BCUT2D eigenvalue weighted by Crippen LogP contribution is -2.15. The van der Waals surface area contributed by atoms with Gasteiger partial charge < -0.3 is 10.1 Å². The molecule has 0 aliphatic heterocycles. The Balaban J connectivity index is 1.63. The van der Waals surface area contributed by atoms with Gasteiger partial charge in [-0.25, -0.2) is 0 Å². The summed E-state index contributed by atoms with van der Waals surface area (Å²) in [5, 5.41) is 12.5. The molecule has 0 aliphatic rings. The summed E-state index contributed by atoms with van der Waals surface area (Å²) in [6, 6.07) is 12.8. The number of nitrogens with zero attached hydrogens (tertiary/aromatic N) is 3.